The van der Waals surface area contributed by atoms with E-state index in [0.717, 1.165) is 41.9 Å². The third-order valence-electron chi connectivity index (χ3n) is 2.75. The number of ether oxygens (including phenoxy) is 2. The highest BCUT2D eigenvalue weighted by molar-refractivity contribution is 9.10. The summed E-state index contributed by atoms with van der Waals surface area (Å²) in [5, 5.41) is 3.31. The molecule has 0 heterocycles. The van der Waals surface area contributed by atoms with Gasteiger partial charge in [0.2, 0.25) is 0 Å². The molecule has 0 aliphatic rings. The first-order valence-electron chi connectivity index (χ1n) is 7.12. The number of allylic oxidation sites excluding steroid dienone is 1. The van der Waals surface area contributed by atoms with Gasteiger partial charge in [-0.15, -0.1) is 6.58 Å². The lowest BCUT2D eigenvalue weighted by molar-refractivity contribution is 0.272. The maximum atomic E-state index is 5.84. The largest absolute Gasteiger partial charge is 0.490 e. The number of halogens is 1. The first-order chi connectivity index (χ1) is 9.72. The molecule has 4 heteroatoms. The van der Waals surface area contributed by atoms with E-state index in [2.05, 4.69) is 40.8 Å². The van der Waals surface area contributed by atoms with E-state index in [1.807, 2.05) is 19.1 Å². The minimum absolute atomic E-state index is 0.625. The number of benzene rings is 1. The predicted molar refractivity (Wildman–Crippen MR) is 87.6 cm³/mol. The first-order valence-corrected chi connectivity index (χ1v) is 7.91. The Hall–Kier alpha value is -1.00. The average Bonchev–Trinajstić information content (AvgIpc) is 2.43. The van der Waals surface area contributed by atoms with Crippen molar-refractivity contribution in [2.75, 3.05) is 19.8 Å². The van der Waals surface area contributed by atoms with E-state index in [0.29, 0.717) is 13.2 Å². The van der Waals surface area contributed by atoms with Crippen molar-refractivity contribution < 1.29 is 9.47 Å². The van der Waals surface area contributed by atoms with Crippen molar-refractivity contribution >= 4 is 15.9 Å². The van der Waals surface area contributed by atoms with Crippen LogP contribution in [0.25, 0.3) is 0 Å². The number of nitrogens with one attached hydrogen (secondary N) is 1. The highest BCUT2D eigenvalue weighted by Gasteiger charge is 2.12. The van der Waals surface area contributed by atoms with Gasteiger partial charge in [-0.3, -0.25) is 0 Å². The topological polar surface area (TPSA) is 30.5 Å². The quantitative estimate of drug-likeness (QED) is 0.508. The molecule has 0 aliphatic carbocycles. The van der Waals surface area contributed by atoms with E-state index in [9.17, 15) is 0 Å². The van der Waals surface area contributed by atoms with E-state index < -0.39 is 0 Å². The van der Waals surface area contributed by atoms with Crippen molar-refractivity contribution in [1.82, 2.24) is 5.32 Å². The summed E-state index contributed by atoms with van der Waals surface area (Å²) in [4.78, 5) is 0. The van der Waals surface area contributed by atoms with Crippen LogP contribution in [0.1, 0.15) is 32.3 Å². The molecule has 0 saturated heterocycles. The third kappa shape index (κ3) is 5.55. The normalized spacial score (nSPS) is 10.3. The molecule has 0 amide bonds. The highest BCUT2D eigenvalue weighted by atomic mass is 79.9. The predicted octanol–water partition coefficient (Wildman–Crippen LogP) is 4.30. The number of unbranched alkanes of at least 4 members (excludes halogenated alkanes) is 1. The SMILES string of the molecule is C=CCCCOc1c(Br)cc(CNCC)cc1OCC. The van der Waals surface area contributed by atoms with Crippen molar-refractivity contribution in [3.63, 3.8) is 0 Å². The van der Waals surface area contributed by atoms with Crippen molar-refractivity contribution in [2.24, 2.45) is 0 Å². The Morgan fingerprint density at radius 1 is 1.30 bits per heavy atom. The van der Waals surface area contributed by atoms with Gasteiger partial charge in [0.05, 0.1) is 17.7 Å². The van der Waals surface area contributed by atoms with E-state index in [-0.39, 0.29) is 0 Å². The Morgan fingerprint density at radius 3 is 2.75 bits per heavy atom. The summed E-state index contributed by atoms with van der Waals surface area (Å²) in [6, 6.07) is 4.12. The van der Waals surface area contributed by atoms with Crippen LogP contribution in [0.5, 0.6) is 11.5 Å². The van der Waals surface area contributed by atoms with E-state index in [1.54, 1.807) is 0 Å². The van der Waals surface area contributed by atoms with Gasteiger partial charge in [-0.2, -0.15) is 0 Å². The third-order valence-corrected chi connectivity index (χ3v) is 3.34. The van der Waals surface area contributed by atoms with Crippen LogP contribution in [0.4, 0.5) is 0 Å². The average molecular weight is 342 g/mol. The molecule has 1 N–H and O–H groups in total. The van der Waals surface area contributed by atoms with Crippen LogP contribution in [-0.2, 0) is 6.54 Å². The molecule has 0 saturated carbocycles. The van der Waals surface area contributed by atoms with Crippen molar-refractivity contribution in [3.8, 4) is 11.5 Å². The van der Waals surface area contributed by atoms with Gasteiger partial charge in [0, 0.05) is 6.54 Å². The molecule has 0 radical (unpaired) electrons. The van der Waals surface area contributed by atoms with Gasteiger partial charge < -0.3 is 14.8 Å². The highest BCUT2D eigenvalue weighted by Crippen LogP contribution is 2.37. The van der Waals surface area contributed by atoms with E-state index in [4.69, 9.17) is 9.47 Å². The molecule has 112 valence electrons. The molecule has 20 heavy (non-hydrogen) atoms. The van der Waals surface area contributed by atoms with Crippen LogP contribution in [0.2, 0.25) is 0 Å². The summed E-state index contributed by atoms with van der Waals surface area (Å²) in [6.45, 7) is 10.8. The summed E-state index contributed by atoms with van der Waals surface area (Å²) in [6.07, 6.45) is 3.82. The fourth-order valence-electron chi connectivity index (χ4n) is 1.80. The van der Waals surface area contributed by atoms with Crippen LogP contribution in [-0.4, -0.2) is 19.8 Å². The molecule has 3 nitrogen and oxygen atoms in total. The monoisotopic (exact) mass is 341 g/mol. The lowest BCUT2D eigenvalue weighted by Gasteiger charge is -2.15. The minimum Gasteiger partial charge on any atom is -0.490 e. The maximum absolute atomic E-state index is 5.84. The fourth-order valence-corrected chi connectivity index (χ4v) is 2.40. The second kappa shape index (κ2) is 9.83. The van der Waals surface area contributed by atoms with Gasteiger partial charge in [-0.05, 0) is 59.9 Å². The molecule has 0 aliphatic heterocycles. The number of hydrogen-bond donors (Lipinski definition) is 1. The zero-order valence-electron chi connectivity index (χ0n) is 12.4. The zero-order chi connectivity index (χ0) is 14.8. The van der Waals surface area contributed by atoms with Gasteiger partial charge in [-0.1, -0.05) is 13.0 Å². The van der Waals surface area contributed by atoms with Crippen molar-refractivity contribution in [2.45, 2.75) is 33.2 Å². The second-order valence-corrected chi connectivity index (χ2v) is 5.25. The van der Waals surface area contributed by atoms with Crippen LogP contribution in [0.3, 0.4) is 0 Å². The van der Waals surface area contributed by atoms with Gasteiger partial charge in [0.15, 0.2) is 11.5 Å². The summed E-state index contributed by atoms with van der Waals surface area (Å²) >= 11 is 3.58. The Labute approximate surface area is 130 Å². The van der Waals surface area contributed by atoms with Gasteiger partial charge >= 0.3 is 0 Å². The summed E-state index contributed by atoms with van der Waals surface area (Å²) in [5.74, 6) is 1.59. The Morgan fingerprint density at radius 2 is 2.10 bits per heavy atom. The second-order valence-electron chi connectivity index (χ2n) is 4.40. The molecule has 0 bridgehead atoms. The first kappa shape index (κ1) is 17.1. The van der Waals surface area contributed by atoms with Gasteiger partial charge in [-0.25, -0.2) is 0 Å². The zero-order valence-corrected chi connectivity index (χ0v) is 14.0. The van der Waals surface area contributed by atoms with Crippen molar-refractivity contribution in [1.29, 1.82) is 0 Å². The molecule has 0 fully saturated rings. The number of rotatable bonds is 10. The summed E-state index contributed by atoms with van der Waals surface area (Å²) < 4.78 is 12.5. The van der Waals surface area contributed by atoms with Crippen LogP contribution < -0.4 is 14.8 Å². The lowest BCUT2D eigenvalue weighted by atomic mass is 10.2. The Balaban J connectivity index is 2.81. The number of hydrogen-bond acceptors (Lipinski definition) is 3. The van der Waals surface area contributed by atoms with Gasteiger partial charge in [0.25, 0.3) is 0 Å². The molecule has 0 aromatic heterocycles. The molecule has 1 rings (SSSR count). The molecule has 0 atom stereocenters. The van der Waals surface area contributed by atoms with E-state index in [1.165, 1.54) is 5.56 Å². The molecule has 0 unspecified atom stereocenters. The van der Waals surface area contributed by atoms with Crippen LogP contribution in [0, 0.1) is 0 Å². The Bertz CT molecular complexity index is 421. The standard InChI is InChI=1S/C16H24BrNO2/c1-4-7-8-9-20-16-14(17)10-13(12-18-5-2)11-15(16)19-6-3/h4,10-11,18H,1,5-9,12H2,2-3H3. The molecular formula is C16H24BrNO2. The molecular weight excluding hydrogens is 318 g/mol. The lowest BCUT2D eigenvalue weighted by Crippen LogP contribution is -2.12. The maximum Gasteiger partial charge on any atom is 0.175 e. The molecule has 1 aromatic rings. The summed E-state index contributed by atoms with van der Waals surface area (Å²) in [7, 11) is 0. The molecule has 0 spiro atoms. The Kier molecular flexibility index (Phi) is 8.38. The fraction of sp³-hybridized carbons (Fsp3) is 0.500. The minimum atomic E-state index is 0.625. The smallest absolute Gasteiger partial charge is 0.175 e. The van der Waals surface area contributed by atoms with E-state index >= 15 is 0 Å². The van der Waals surface area contributed by atoms with Gasteiger partial charge in [0.1, 0.15) is 0 Å². The van der Waals surface area contributed by atoms with Crippen molar-refractivity contribution in [3.05, 3.63) is 34.8 Å². The van der Waals surface area contributed by atoms with Crippen LogP contribution >= 0.6 is 15.9 Å². The van der Waals surface area contributed by atoms with Crippen LogP contribution in [0.15, 0.2) is 29.3 Å². The summed E-state index contributed by atoms with van der Waals surface area (Å²) in [5.41, 5.74) is 1.18. The molecule has 1 aromatic carbocycles.